The summed E-state index contributed by atoms with van der Waals surface area (Å²) >= 11 is 6.20. The van der Waals surface area contributed by atoms with Crippen LogP contribution in [-0.4, -0.2) is 16.0 Å². The molecule has 3 rings (SSSR count). The molecule has 0 N–H and O–H groups in total. The third-order valence-electron chi connectivity index (χ3n) is 3.50. The number of ether oxygens (including phenoxy) is 1. The predicted molar refractivity (Wildman–Crippen MR) is 86.1 cm³/mol. The van der Waals surface area contributed by atoms with Crippen LogP contribution in [0.3, 0.4) is 0 Å². The molecule has 0 atom stereocenters. The second-order valence-electron chi connectivity index (χ2n) is 4.83. The smallest absolute Gasteiger partial charge is 0.137 e. The van der Waals surface area contributed by atoms with Crippen molar-refractivity contribution in [3.63, 3.8) is 0 Å². The zero-order valence-electron chi connectivity index (χ0n) is 12.1. The van der Waals surface area contributed by atoms with E-state index in [1.807, 2.05) is 43.3 Å². The van der Waals surface area contributed by atoms with Gasteiger partial charge in [-0.1, -0.05) is 18.2 Å². The van der Waals surface area contributed by atoms with Gasteiger partial charge in [0.1, 0.15) is 11.4 Å². The van der Waals surface area contributed by atoms with E-state index in [2.05, 4.69) is 17.4 Å². The molecular weight excluding hydrogens is 284 g/mol. The van der Waals surface area contributed by atoms with Crippen LogP contribution in [0.15, 0.2) is 42.5 Å². The lowest BCUT2D eigenvalue weighted by atomic mass is 10.1. The largest absolute Gasteiger partial charge is 0.493 e. The SMILES string of the molecule is CCOc1ccccc1-c1nc2cccc(C)n2c1CCl. The fourth-order valence-electron chi connectivity index (χ4n) is 2.61. The van der Waals surface area contributed by atoms with Gasteiger partial charge in [0.2, 0.25) is 0 Å². The van der Waals surface area contributed by atoms with Gasteiger partial charge in [0.05, 0.1) is 23.9 Å². The van der Waals surface area contributed by atoms with Crippen LogP contribution < -0.4 is 4.74 Å². The normalized spacial score (nSPS) is 11.0. The number of aryl methyl sites for hydroxylation is 1. The Balaban J connectivity index is 2.28. The molecule has 0 spiro atoms. The van der Waals surface area contributed by atoms with Crippen molar-refractivity contribution in [2.75, 3.05) is 6.61 Å². The third-order valence-corrected chi connectivity index (χ3v) is 3.76. The van der Waals surface area contributed by atoms with Gasteiger partial charge in [0, 0.05) is 11.3 Å². The van der Waals surface area contributed by atoms with Gasteiger partial charge in [0.15, 0.2) is 0 Å². The molecule has 0 aliphatic rings. The maximum absolute atomic E-state index is 6.20. The van der Waals surface area contributed by atoms with E-state index in [1.165, 1.54) is 0 Å². The van der Waals surface area contributed by atoms with E-state index in [0.29, 0.717) is 12.5 Å². The summed E-state index contributed by atoms with van der Waals surface area (Å²) in [4.78, 5) is 4.76. The summed E-state index contributed by atoms with van der Waals surface area (Å²) < 4.78 is 7.83. The van der Waals surface area contributed by atoms with Gasteiger partial charge in [-0.25, -0.2) is 4.98 Å². The number of nitrogens with zero attached hydrogens (tertiary/aromatic N) is 2. The topological polar surface area (TPSA) is 26.5 Å². The molecule has 3 aromatic rings. The molecule has 0 saturated heterocycles. The van der Waals surface area contributed by atoms with Gasteiger partial charge in [-0.3, -0.25) is 4.40 Å². The number of rotatable bonds is 4. The number of aromatic nitrogens is 2. The first-order valence-corrected chi connectivity index (χ1v) is 7.54. The van der Waals surface area contributed by atoms with E-state index in [1.54, 1.807) is 0 Å². The lowest BCUT2D eigenvalue weighted by Gasteiger charge is -2.09. The number of imidazole rings is 1. The van der Waals surface area contributed by atoms with Gasteiger partial charge >= 0.3 is 0 Å². The highest BCUT2D eigenvalue weighted by molar-refractivity contribution is 6.17. The van der Waals surface area contributed by atoms with Crippen molar-refractivity contribution < 1.29 is 4.74 Å². The molecule has 108 valence electrons. The molecule has 0 fully saturated rings. The van der Waals surface area contributed by atoms with Crippen molar-refractivity contribution >= 4 is 17.2 Å². The zero-order chi connectivity index (χ0) is 14.8. The molecule has 3 nitrogen and oxygen atoms in total. The Morgan fingerprint density at radius 3 is 2.71 bits per heavy atom. The number of para-hydroxylation sites is 1. The fraction of sp³-hybridized carbons (Fsp3) is 0.235. The minimum atomic E-state index is 0.405. The van der Waals surface area contributed by atoms with E-state index in [0.717, 1.165) is 34.0 Å². The molecule has 0 unspecified atom stereocenters. The molecule has 0 radical (unpaired) electrons. The molecule has 0 aliphatic heterocycles. The van der Waals surface area contributed by atoms with Crippen molar-refractivity contribution in [1.29, 1.82) is 0 Å². The minimum Gasteiger partial charge on any atom is -0.493 e. The molecule has 4 heteroatoms. The van der Waals surface area contributed by atoms with Crippen LogP contribution in [0, 0.1) is 6.92 Å². The highest BCUT2D eigenvalue weighted by Crippen LogP contribution is 2.33. The molecule has 21 heavy (non-hydrogen) atoms. The van der Waals surface area contributed by atoms with Gasteiger partial charge < -0.3 is 4.74 Å². The predicted octanol–water partition coefficient (Wildman–Crippen LogP) is 4.45. The Labute approximate surface area is 129 Å². The number of hydrogen-bond acceptors (Lipinski definition) is 2. The first-order valence-electron chi connectivity index (χ1n) is 7.01. The Morgan fingerprint density at radius 1 is 1.14 bits per heavy atom. The van der Waals surface area contributed by atoms with Crippen LogP contribution in [0.5, 0.6) is 5.75 Å². The van der Waals surface area contributed by atoms with Crippen LogP contribution in [0.2, 0.25) is 0 Å². The number of alkyl halides is 1. The lowest BCUT2D eigenvalue weighted by molar-refractivity contribution is 0.341. The molecule has 0 amide bonds. The van der Waals surface area contributed by atoms with Crippen molar-refractivity contribution in [3.8, 4) is 17.0 Å². The van der Waals surface area contributed by atoms with E-state index in [-0.39, 0.29) is 0 Å². The Bertz CT molecular complexity index is 780. The second-order valence-corrected chi connectivity index (χ2v) is 5.10. The average Bonchev–Trinajstić information content (AvgIpc) is 2.88. The van der Waals surface area contributed by atoms with Crippen LogP contribution in [0.4, 0.5) is 0 Å². The summed E-state index contributed by atoms with van der Waals surface area (Å²) in [5, 5.41) is 0. The molecule has 0 aliphatic carbocycles. The highest BCUT2D eigenvalue weighted by Gasteiger charge is 2.17. The summed E-state index contributed by atoms with van der Waals surface area (Å²) in [6, 6.07) is 14.0. The minimum absolute atomic E-state index is 0.405. The number of hydrogen-bond donors (Lipinski definition) is 0. The van der Waals surface area contributed by atoms with Crippen LogP contribution in [0.25, 0.3) is 16.9 Å². The van der Waals surface area contributed by atoms with Gasteiger partial charge in [-0.15, -0.1) is 11.6 Å². The first kappa shape index (κ1) is 14.0. The molecule has 0 saturated carbocycles. The summed E-state index contributed by atoms with van der Waals surface area (Å²) in [5.74, 6) is 1.24. The van der Waals surface area contributed by atoms with Crippen molar-refractivity contribution in [2.24, 2.45) is 0 Å². The summed E-state index contributed by atoms with van der Waals surface area (Å²) in [7, 11) is 0. The van der Waals surface area contributed by atoms with Gasteiger partial charge in [0.25, 0.3) is 0 Å². The molecular formula is C17H17ClN2O. The zero-order valence-corrected chi connectivity index (χ0v) is 12.9. The highest BCUT2D eigenvalue weighted by atomic mass is 35.5. The first-order chi connectivity index (χ1) is 10.3. The molecule has 0 bridgehead atoms. The maximum atomic E-state index is 6.20. The number of benzene rings is 1. The lowest BCUT2D eigenvalue weighted by Crippen LogP contribution is -1.97. The Morgan fingerprint density at radius 2 is 1.95 bits per heavy atom. The van der Waals surface area contributed by atoms with Crippen LogP contribution in [0.1, 0.15) is 18.3 Å². The summed E-state index contributed by atoms with van der Waals surface area (Å²) in [6.45, 7) is 4.66. The van der Waals surface area contributed by atoms with Crippen molar-refractivity contribution in [1.82, 2.24) is 9.38 Å². The van der Waals surface area contributed by atoms with Crippen LogP contribution >= 0.6 is 11.6 Å². The van der Waals surface area contributed by atoms with E-state index in [9.17, 15) is 0 Å². The molecule has 1 aromatic carbocycles. The summed E-state index contributed by atoms with van der Waals surface area (Å²) in [5.41, 5.74) is 4.90. The Kier molecular flexibility index (Phi) is 3.84. The quantitative estimate of drug-likeness (QED) is 0.666. The standard InChI is InChI=1S/C17H17ClN2O/c1-3-21-15-9-5-4-8-13(15)17-14(11-18)20-12(2)7-6-10-16(20)19-17/h4-10H,3,11H2,1-2H3. The van der Waals surface area contributed by atoms with E-state index in [4.69, 9.17) is 21.3 Å². The monoisotopic (exact) mass is 300 g/mol. The van der Waals surface area contributed by atoms with Crippen molar-refractivity contribution in [2.45, 2.75) is 19.7 Å². The van der Waals surface area contributed by atoms with Crippen molar-refractivity contribution in [3.05, 3.63) is 53.9 Å². The second kappa shape index (κ2) is 5.78. The third kappa shape index (κ3) is 2.38. The number of pyridine rings is 1. The fourth-order valence-corrected chi connectivity index (χ4v) is 2.86. The summed E-state index contributed by atoms with van der Waals surface area (Å²) in [6.07, 6.45) is 0. The number of fused-ring (bicyclic) bond motifs is 1. The van der Waals surface area contributed by atoms with Crippen LogP contribution in [-0.2, 0) is 5.88 Å². The Hall–Kier alpha value is -2.00. The molecule has 2 aromatic heterocycles. The average molecular weight is 301 g/mol. The van der Waals surface area contributed by atoms with E-state index < -0.39 is 0 Å². The van der Waals surface area contributed by atoms with E-state index >= 15 is 0 Å². The molecule has 2 heterocycles. The number of halogens is 1. The van der Waals surface area contributed by atoms with Gasteiger partial charge in [-0.05, 0) is 38.1 Å². The maximum Gasteiger partial charge on any atom is 0.137 e. The van der Waals surface area contributed by atoms with Gasteiger partial charge in [-0.2, -0.15) is 0 Å².